The van der Waals surface area contributed by atoms with Crippen molar-refractivity contribution in [3.8, 4) is 6.07 Å². The van der Waals surface area contributed by atoms with E-state index in [4.69, 9.17) is 5.26 Å². The fourth-order valence-electron chi connectivity index (χ4n) is 2.56. The van der Waals surface area contributed by atoms with Crippen LogP contribution in [0, 0.1) is 11.3 Å². The Kier molecular flexibility index (Phi) is 4.02. The zero-order valence-electron chi connectivity index (χ0n) is 12.6. The first-order chi connectivity index (χ1) is 11.2. The molecule has 1 aromatic heterocycles. The monoisotopic (exact) mass is 305 g/mol. The minimum absolute atomic E-state index is 0.0315. The van der Waals surface area contributed by atoms with E-state index in [9.17, 15) is 4.79 Å². The summed E-state index contributed by atoms with van der Waals surface area (Å²) < 4.78 is 1.35. The van der Waals surface area contributed by atoms with E-state index in [-0.39, 0.29) is 24.3 Å². The minimum atomic E-state index is -0.181. The maximum Gasteiger partial charge on any atom is 0.252 e. The van der Waals surface area contributed by atoms with Crippen molar-refractivity contribution in [1.82, 2.24) is 20.1 Å². The number of carbonyl (C=O) groups is 1. The van der Waals surface area contributed by atoms with E-state index >= 15 is 0 Å². The number of nitrogens with one attached hydrogen (secondary N) is 1. The number of fused-ring (bicyclic) bond motifs is 1. The molecule has 0 aliphatic rings. The maximum absolute atomic E-state index is 12.1. The normalized spacial score (nSPS) is 11.8. The van der Waals surface area contributed by atoms with E-state index in [2.05, 4.69) is 15.4 Å². The average Bonchev–Trinajstić information content (AvgIpc) is 3.01. The third-order valence-electron chi connectivity index (χ3n) is 3.61. The van der Waals surface area contributed by atoms with Crippen LogP contribution in [0.3, 0.4) is 0 Å². The molecule has 2 aromatic carbocycles. The first-order valence-corrected chi connectivity index (χ1v) is 7.24. The maximum atomic E-state index is 12.1. The summed E-state index contributed by atoms with van der Waals surface area (Å²) in [4.78, 5) is 15.9. The number of nitrogens with zero attached hydrogens (tertiary/aromatic N) is 4. The molecule has 0 radical (unpaired) electrons. The number of hydrogen-bond donors (Lipinski definition) is 1. The third-order valence-corrected chi connectivity index (χ3v) is 3.61. The van der Waals surface area contributed by atoms with Crippen molar-refractivity contribution >= 4 is 16.7 Å². The van der Waals surface area contributed by atoms with Crippen LogP contribution >= 0.6 is 0 Å². The number of aromatic nitrogens is 3. The number of benzene rings is 2. The highest BCUT2D eigenvalue weighted by Gasteiger charge is 2.13. The van der Waals surface area contributed by atoms with E-state index in [1.807, 2.05) is 55.5 Å². The van der Waals surface area contributed by atoms with Crippen LogP contribution in [-0.4, -0.2) is 20.7 Å². The van der Waals surface area contributed by atoms with Crippen LogP contribution in [0.15, 0.2) is 48.8 Å². The van der Waals surface area contributed by atoms with Gasteiger partial charge in [0.15, 0.2) is 0 Å². The Hall–Kier alpha value is -3.20. The molecule has 0 bridgehead atoms. The molecule has 114 valence electrons. The van der Waals surface area contributed by atoms with E-state index < -0.39 is 0 Å². The molecule has 3 rings (SSSR count). The number of hydrogen-bond acceptors (Lipinski definition) is 4. The van der Waals surface area contributed by atoms with Gasteiger partial charge in [0.1, 0.15) is 18.9 Å². The summed E-state index contributed by atoms with van der Waals surface area (Å²) >= 11 is 0. The molecule has 0 fully saturated rings. The summed E-state index contributed by atoms with van der Waals surface area (Å²) in [5, 5.41) is 17.8. The predicted octanol–water partition coefficient (Wildman–Crippen LogP) is 2.18. The highest BCUT2D eigenvalue weighted by molar-refractivity contribution is 5.86. The van der Waals surface area contributed by atoms with Crippen LogP contribution in [-0.2, 0) is 11.3 Å². The van der Waals surface area contributed by atoms with Gasteiger partial charge in [-0.1, -0.05) is 42.5 Å². The summed E-state index contributed by atoms with van der Waals surface area (Å²) in [5.41, 5.74) is 1.06. The summed E-state index contributed by atoms with van der Waals surface area (Å²) in [5.74, 6) is -0.125. The van der Waals surface area contributed by atoms with E-state index in [0.29, 0.717) is 0 Å². The average molecular weight is 305 g/mol. The van der Waals surface area contributed by atoms with Crippen LogP contribution in [0.5, 0.6) is 0 Å². The molecular formula is C17H15N5O. The molecule has 1 N–H and O–H groups in total. The van der Waals surface area contributed by atoms with Crippen molar-refractivity contribution in [2.45, 2.75) is 19.5 Å². The minimum Gasteiger partial charge on any atom is -0.348 e. The van der Waals surface area contributed by atoms with Gasteiger partial charge in [-0.3, -0.25) is 4.79 Å². The fraction of sp³-hybridized carbons (Fsp3) is 0.176. The van der Waals surface area contributed by atoms with E-state index in [1.165, 1.54) is 11.0 Å². The van der Waals surface area contributed by atoms with Crippen molar-refractivity contribution in [3.63, 3.8) is 0 Å². The highest BCUT2D eigenvalue weighted by atomic mass is 16.2. The Balaban J connectivity index is 1.74. The SMILES string of the molecule is CC(NC(=O)Cn1cnc(C#N)n1)c1cccc2ccccc12. The molecule has 1 unspecified atom stereocenters. The Morgan fingerprint density at radius 2 is 2.09 bits per heavy atom. The first kappa shape index (κ1) is 14.7. The van der Waals surface area contributed by atoms with Crippen molar-refractivity contribution in [2.75, 3.05) is 0 Å². The van der Waals surface area contributed by atoms with Gasteiger partial charge in [-0.25, -0.2) is 9.67 Å². The smallest absolute Gasteiger partial charge is 0.252 e. The van der Waals surface area contributed by atoms with Gasteiger partial charge < -0.3 is 5.32 Å². The number of rotatable bonds is 4. The van der Waals surface area contributed by atoms with Crippen LogP contribution in [0.25, 0.3) is 10.8 Å². The van der Waals surface area contributed by atoms with Gasteiger partial charge in [-0.2, -0.15) is 5.26 Å². The predicted molar refractivity (Wildman–Crippen MR) is 85.2 cm³/mol. The largest absolute Gasteiger partial charge is 0.348 e. The lowest BCUT2D eigenvalue weighted by atomic mass is 10.00. The Labute approximate surface area is 133 Å². The van der Waals surface area contributed by atoms with E-state index in [0.717, 1.165) is 16.3 Å². The lowest BCUT2D eigenvalue weighted by molar-refractivity contribution is -0.122. The highest BCUT2D eigenvalue weighted by Crippen LogP contribution is 2.23. The Bertz CT molecular complexity index is 888. The summed E-state index contributed by atoms with van der Waals surface area (Å²) in [7, 11) is 0. The molecule has 0 saturated heterocycles. The van der Waals surface area contributed by atoms with Gasteiger partial charge in [0.05, 0.1) is 6.04 Å². The molecule has 0 saturated carbocycles. The first-order valence-electron chi connectivity index (χ1n) is 7.24. The van der Waals surface area contributed by atoms with Crippen LogP contribution in [0.4, 0.5) is 0 Å². The molecule has 0 aliphatic heterocycles. The van der Waals surface area contributed by atoms with Crippen LogP contribution in [0.2, 0.25) is 0 Å². The van der Waals surface area contributed by atoms with Gasteiger partial charge in [0.25, 0.3) is 5.82 Å². The van der Waals surface area contributed by atoms with Gasteiger partial charge in [0, 0.05) is 0 Å². The quantitative estimate of drug-likeness (QED) is 0.800. The summed E-state index contributed by atoms with van der Waals surface area (Å²) in [6, 6.07) is 15.8. The molecule has 0 aliphatic carbocycles. The van der Waals surface area contributed by atoms with Crippen molar-refractivity contribution in [2.24, 2.45) is 0 Å². The van der Waals surface area contributed by atoms with E-state index in [1.54, 1.807) is 0 Å². The van der Waals surface area contributed by atoms with Crippen molar-refractivity contribution < 1.29 is 4.79 Å². The van der Waals surface area contributed by atoms with Crippen LogP contribution in [0.1, 0.15) is 24.4 Å². The molecular weight excluding hydrogens is 290 g/mol. The fourth-order valence-corrected chi connectivity index (χ4v) is 2.56. The molecule has 0 spiro atoms. The summed E-state index contributed by atoms with van der Waals surface area (Å²) in [6.45, 7) is 1.98. The second-order valence-electron chi connectivity index (χ2n) is 5.24. The zero-order valence-corrected chi connectivity index (χ0v) is 12.6. The lowest BCUT2D eigenvalue weighted by Crippen LogP contribution is -2.30. The molecule has 6 heteroatoms. The zero-order chi connectivity index (χ0) is 16.2. The Morgan fingerprint density at radius 1 is 1.30 bits per heavy atom. The molecule has 1 atom stereocenters. The molecule has 3 aromatic rings. The standard InChI is InChI=1S/C17H15N5O/c1-12(14-8-4-6-13-5-2-3-7-15(13)14)20-17(23)10-22-11-19-16(9-18)21-22/h2-8,11-12H,10H2,1H3,(H,20,23). The third kappa shape index (κ3) is 3.19. The van der Waals surface area contributed by atoms with Gasteiger partial charge in [0.2, 0.25) is 5.91 Å². The van der Waals surface area contributed by atoms with Gasteiger partial charge in [-0.15, -0.1) is 5.10 Å². The molecule has 1 amide bonds. The van der Waals surface area contributed by atoms with Crippen molar-refractivity contribution in [3.05, 3.63) is 60.2 Å². The molecule has 23 heavy (non-hydrogen) atoms. The van der Waals surface area contributed by atoms with Crippen molar-refractivity contribution in [1.29, 1.82) is 5.26 Å². The summed E-state index contributed by atoms with van der Waals surface area (Å²) in [6.07, 6.45) is 1.38. The molecule has 1 heterocycles. The Morgan fingerprint density at radius 3 is 2.87 bits per heavy atom. The van der Waals surface area contributed by atoms with Crippen LogP contribution < -0.4 is 5.32 Å². The van der Waals surface area contributed by atoms with Gasteiger partial charge in [-0.05, 0) is 23.3 Å². The number of carbonyl (C=O) groups excluding carboxylic acids is 1. The number of amides is 1. The topological polar surface area (TPSA) is 83.6 Å². The molecule has 6 nitrogen and oxygen atoms in total. The van der Waals surface area contributed by atoms with Gasteiger partial charge >= 0.3 is 0 Å². The lowest BCUT2D eigenvalue weighted by Gasteiger charge is -2.16. The second-order valence-corrected chi connectivity index (χ2v) is 5.24. The number of nitriles is 1. The second kappa shape index (κ2) is 6.28.